The molecule has 230 valence electrons. The number of aromatic amines is 2. The average molecular weight is 600 g/mol. The van der Waals surface area contributed by atoms with Gasteiger partial charge in [0.2, 0.25) is 0 Å². The standard InChI is InChI=1S/C22H28N6O14/c29-9-1-3-27(21(39)25-9)19-15(35)11(31)7(41-19)5-23-17(37)13(33)14(34)18(38)24-6-8-12(32)16(36)20(42-8)28-4-2-10(30)26-22(28)40/h1-4,7-8,11-16,19-20,31-36H,5-6H2,(H,23,37)(H,24,38)(H,25,29,39)(H,26,30,40)/t7-,8-,11-,12-,13-,14-,15-,16-,19-,20-/m1/s1. The fraction of sp³-hybridized carbons (Fsp3) is 0.545. The van der Waals surface area contributed by atoms with Crippen molar-refractivity contribution >= 4 is 11.8 Å². The highest BCUT2D eigenvalue weighted by Gasteiger charge is 2.46. The molecule has 0 bridgehead atoms. The lowest BCUT2D eigenvalue weighted by Gasteiger charge is -2.21. The van der Waals surface area contributed by atoms with Gasteiger partial charge in [0.25, 0.3) is 22.9 Å². The van der Waals surface area contributed by atoms with Gasteiger partial charge in [-0.25, -0.2) is 9.59 Å². The molecule has 0 saturated carbocycles. The maximum atomic E-state index is 12.3. The van der Waals surface area contributed by atoms with Crippen molar-refractivity contribution in [3.8, 4) is 0 Å². The third kappa shape index (κ3) is 6.24. The smallest absolute Gasteiger partial charge is 0.330 e. The fourth-order valence-corrected chi connectivity index (χ4v) is 4.41. The number of aliphatic hydroxyl groups excluding tert-OH is 6. The average Bonchev–Trinajstić information content (AvgIpc) is 3.39. The van der Waals surface area contributed by atoms with E-state index in [0.717, 1.165) is 33.7 Å². The Bertz CT molecular complexity index is 1420. The first-order valence-electron chi connectivity index (χ1n) is 12.4. The number of H-pyrrole nitrogens is 2. The van der Waals surface area contributed by atoms with Crippen LogP contribution in [-0.4, -0.2) is 123 Å². The van der Waals surface area contributed by atoms with Crippen LogP contribution in [0.2, 0.25) is 0 Å². The van der Waals surface area contributed by atoms with E-state index in [1.807, 2.05) is 9.97 Å². The van der Waals surface area contributed by atoms with Gasteiger partial charge in [-0.1, -0.05) is 0 Å². The minimum atomic E-state index is -2.33. The predicted octanol–water partition coefficient (Wildman–Crippen LogP) is -7.72. The molecule has 2 saturated heterocycles. The van der Waals surface area contributed by atoms with E-state index in [4.69, 9.17) is 9.47 Å². The van der Waals surface area contributed by atoms with Gasteiger partial charge in [-0.2, -0.15) is 0 Å². The predicted molar refractivity (Wildman–Crippen MR) is 133 cm³/mol. The summed E-state index contributed by atoms with van der Waals surface area (Å²) in [4.78, 5) is 75.0. The van der Waals surface area contributed by atoms with E-state index in [1.54, 1.807) is 0 Å². The molecule has 10 atom stereocenters. The number of carbonyl (C=O) groups is 2. The Morgan fingerprint density at radius 2 is 1.07 bits per heavy atom. The molecule has 2 amide bonds. The number of carbonyl (C=O) groups excluding carboxylic acids is 2. The van der Waals surface area contributed by atoms with Crippen LogP contribution in [-0.2, 0) is 19.1 Å². The molecule has 2 aromatic rings. The molecule has 2 aliphatic heterocycles. The summed E-state index contributed by atoms with van der Waals surface area (Å²) in [5, 5.41) is 65.5. The molecule has 0 unspecified atom stereocenters. The van der Waals surface area contributed by atoms with Crippen molar-refractivity contribution in [3.05, 3.63) is 66.2 Å². The summed E-state index contributed by atoms with van der Waals surface area (Å²) >= 11 is 0. The number of hydrogen-bond donors (Lipinski definition) is 10. The Morgan fingerprint density at radius 3 is 1.40 bits per heavy atom. The van der Waals surface area contributed by atoms with Gasteiger partial charge in [0.05, 0.1) is 0 Å². The zero-order valence-electron chi connectivity index (χ0n) is 21.3. The quantitative estimate of drug-likeness (QED) is 0.128. The second-order valence-corrected chi connectivity index (χ2v) is 9.51. The monoisotopic (exact) mass is 600 g/mol. The van der Waals surface area contributed by atoms with Crippen molar-refractivity contribution in [2.75, 3.05) is 13.1 Å². The van der Waals surface area contributed by atoms with Gasteiger partial charge >= 0.3 is 11.4 Å². The van der Waals surface area contributed by atoms with Gasteiger partial charge in [-0.15, -0.1) is 0 Å². The van der Waals surface area contributed by atoms with Crippen molar-refractivity contribution in [3.63, 3.8) is 0 Å². The topological polar surface area (TPSA) is 308 Å². The molecule has 0 aromatic carbocycles. The summed E-state index contributed by atoms with van der Waals surface area (Å²) in [6.07, 6.45) is -14.6. The summed E-state index contributed by atoms with van der Waals surface area (Å²) < 4.78 is 12.4. The van der Waals surface area contributed by atoms with Crippen LogP contribution >= 0.6 is 0 Å². The van der Waals surface area contributed by atoms with Crippen molar-refractivity contribution < 1.29 is 49.7 Å². The first kappa shape index (κ1) is 30.9. The van der Waals surface area contributed by atoms with E-state index < -0.39 is 109 Å². The second kappa shape index (κ2) is 12.5. The highest BCUT2D eigenvalue weighted by molar-refractivity contribution is 5.90. The molecule has 10 N–H and O–H groups in total. The third-order valence-electron chi connectivity index (χ3n) is 6.72. The van der Waals surface area contributed by atoms with Gasteiger partial charge in [0.15, 0.2) is 24.7 Å². The number of nitrogens with one attached hydrogen (secondary N) is 4. The van der Waals surface area contributed by atoms with Crippen molar-refractivity contribution in [1.82, 2.24) is 29.7 Å². The number of aliphatic hydroxyl groups is 6. The van der Waals surface area contributed by atoms with E-state index >= 15 is 0 Å². The number of ether oxygens (including phenoxy) is 2. The maximum absolute atomic E-state index is 12.3. The highest BCUT2D eigenvalue weighted by atomic mass is 16.6. The first-order valence-corrected chi connectivity index (χ1v) is 12.4. The molecule has 0 radical (unpaired) electrons. The number of amides is 2. The Labute approximate surface area is 232 Å². The zero-order chi connectivity index (χ0) is 30.9. The SMILES string of the molecule is O=C(NC[C@H]1O[C@@H](n2ccc(=O)[nH]c2=O)[C@H](O)[C@@H]1O)[C@H](O)[C@@H](O)C(=O)NC[C@H]1O[C@@H](n2ccc(=O)[nH]c2=O)[C@H](O)[C@@H]1O. The van der Waals surface area contributed by atoms with Crippen LogP contribution in [0.1, 0.15) is 12.5 Å². The summed E-state index contributed by atoms with van der Waals surface area (Å²) in [6.45, 7) is -1.08. The van der Waals surface area contributed by atoms with Gasteiger partial charge in [-0.3, -0.25) is 38.3 Å². The Kier molecular flexibility index (Phi) is 9.18. The normalized spacial score (nSPS) is 30.5. The van der Waals surface area contributed by atoms with Gasteiger partial charge in [0.1, 0.15) is 36.6 Å². The largest absolute Gasteiger partial charge is 0.387 e. The summed E-state index contributed by atoms with van der Waals surface area (Å²) in [5.74, 6) is -2.56. The van der Waals surface area contributed by atoms with E-state index in [-0.39, 0.29) is 0 Å². The van der Waals surface area contributed by atoms with Crippen LogP contribution in [0.4, 0.5) is 0 Å². The van der Waals surface area contributed by atoms with Crippen LogP contribution < -0.4 is 33.1 Å². The minimum absolute atomic E-state index is 0.539. The summed E-state index contributed by atoms with van der Waals surface area (Å²) in [7, 11) is 0. The zero-order valence-corrected chi connectivity index (χ0v) is 21.3. The molecule has 20 heteroatoms. The van der Waals surface area contributed by atoms with Crippen LogP contribution in [0.3, 0.4) is 0 Å². The van der Waals surface area contributed by atoms with Crippen LogP contribution in [0.25, 0.3) is 0 Å². The van der Waals surface area contributed by atoms with Crippen molar-refractivity contribution in [1.29, 1.82) is 0 Å². The third-order valence-corrected chi connectivity index (χ3v) is 6.72. The molecule has 0 spiro atoms. The molecular formula is C22H28N6O14. The maximum Gasteiger partial charge on any atom is 0.330 e. The Balaban J connectivity index is 1.28. The minimum Gasteiger partial charge on any atom is -0.387 e. The fourth-order valence-electron chi connectivity index (χ4n) is 4.41. The molecule has 20 nitrogen and oxygen atoms in total. The molecule has 42 heavy (non-hydrogen) atoms. The van der Waals surface area contributed by atoms with E-state index in [0.29, 0.717) is 0 Å². The second-order valence-electron chi connectivity index (χ2n) is 9.51. The summed E-state index contributed by atoms with van der Waals surface area (Å²) in [6, 6.07) is 1.96. The van der Waals surface area contributed by atoms with Crippen LogP contribution in [0, 0.1) is 0 Å². The lowest BCUT2D eigenvalue weighted by molar-refractivity contribution is -0.147. The molecule has 2 aliphatic rings. The molecule has 4 heterocycles. The molecule has 4 rings (SSSR count). The van der Waals surface area contributed by atoms with E-state index in [2.05, 4.69) is 10.6 Å². The molecule has 2 fully saturated rings. The number of rotatable bonds is 9. The van der Waals surface area contributed by atoms with Gasteiger partial charge in [-0.05, 0) is 0 Å². The first-order chi connectivity index (χ1) is 19.8. The van der Waals surface area contributed by atoms with E-state index in [9.17, 15) is 59.4 Å². The lowest BCUT2D eigenvalue weighted by atomic mass is 10.1. The Hall–Kier alpha value is -4.02. The number of nitrogens with zero attached hydrogens (tertiary/aromatic N) is 2. The van der Waals surface area contributed by atoms with Gasteiger partial charge in [0, 0.05) is 37.6 Å². The highest BCUT2D eigenvalue weighted by Crippen LogP contribution is 2.29. The van der Waals surface area contributed by atoms with Gasteiger partial charge < -0.3 is 50.7 Å². The number of aromatic nitrogens is 4. The van der Waals surface area contributed by atoms with E-state index in [1.165, 1.54) is 0 Å². The molecule has 0 aliphatic carbocycles. The Morgan fingerprint density at radius 1 is 0.714 bits per heavy atom. The molecule has 2 aromatic heterocycles. The number of hydrogen-bond acceptors (Lipinski definition) is 14. The lowest BCUT2D eigenvalue weighted by Crippen LogP contribution is -2.52. The van der Waals surface area contributed by atoms with Crippen molar-refractivity contribution in [2.45, 2.75) is 61.3 Å². The van der Waals surface area contributed by atoms with Crippen molar-refractivity contribution in [2.24, 2.45) is 0 Å². The molecular weight excluding hydrogens is 572 g/mol. The summed E-state index contributed by atoms with van der Waals surface area (Å²) in [5.41, 5.74) is -3.28. The van der Waals surface area contributed by atoms with Crippen LogP contribution in [0.5, 0.6) is 0 Å². The van der Waals surface area contributed by atoms with Crippen LogP contribution in [0.15, 0.2) is 43.7 Å².